The van der Waals surface area contributed by atoms with Gasteiger partial charge in [0.25, 0.3) is 5.91 Å². The fraction of sp³-hybridized carbons (Fsp3) is 0.538. The number of amides is 2. The zero-order chi connectivity index (χ0) is 26.3. The van der Waals surface area contributed by atoms with E-state index in [1.165, 1.54) is 4.90 Å². The minimum absolute atomic E-state index is 0.196. The zero-order valence-electron chi connectivity index (χ0n) is 21.4. The maximum Gasteiger partial charge on any atom is 0.251 e. The Morgan fingerprint density at radius 1 is 1.22 bits per heavy atom. The Bertz CT molecular complexity index is 1150. The van der Waals surface area contributed by atoms with E-state index in [1.807, 2.05) is 33.2 Å². The third-order valence-corrected chi connectivity index (χ3v) is 8.13. The van der Waals surface area contributed by atoms with Crippen molar-refractivity contribution in [3.63, 3.8) is 0 Å². The van der Waals surface area contributed by atoms with Crippen molar-refractivity contribution in [1.82, 2.24) is 20.1 Å². The fourth-order valence-corrected chi connectivity index (χ4v) is 5.70. The summed E-state index contributed by atoms with van der Waals surface area (Å²) in [5.74, 6) is -1.44. The van der Waals surface area contributed by atoms with Gasteiger partial charge in [0.15, 0.2) is 5.78 Å². The number of nitrogens with one attached hydrogen (secondary N) is 1. The Morgan fingerprint density at radius 2 is 1.89 bits per heavy atom. The number of aryl methyl sites for hydroxylation is 1. The molecule has 0 radical (unpaired) electrons. The number of ketones is 1. The Kier molecular flexibility index (Phi) is 7.59. The number of aromatic nitrogens is 1. The van der Waals surface area contributed by atoms with E-state index in [2.05, 4.69) is 17.1 Å². The molecule has 2 aliphatic rings. The van der Waals surface area contributed by atoms with E-state index < -0.39 is 36.2 Å². The summed E-state index contributed by atoms with van der Waals surface area (Å²) in [5.41, 5.74) is 2.19. The number of carbonyl (C=O) groups excluding carboxylic acids is 3. The molecule has 1 unspecified atom stereocenters. The first-order valence-corrected chi connectivity index (χ1v) is 12.9. The first-order chi connectivity index (χ1) is 17.0. The highest BCUT2D eigenvalue weighted by atomic mass is 32.1. The highest BCUT2D eigenvalue weighted by molar-refractivity contribution is 7.12. The van der Waals surface area contributed by atoms with E-state index in [0.29, 0.717) is 5.56 Å². The highest BCUT2D eigenvalue weighted by Gasteiger charge is 2.53. The van der Waals surface area contributed by atoms with Crippen LogP contribution in [0.2, 0.25) is 0 Å². The number of rotatable bonds is 7. The van der Waals surface area contributed by atoms with Gasteiger partial charge in [-0.2, -0.15) is 0 Å². The topological polar surface area (TPSA) is 91.8 Å². The van der Waals surface area contributed by atoms with Crippen LogP contribution in [-0.2, 0) is 14.3 Å². The molecule has 0 saturated carbocycles. The number of thiazole rings is 1. The predicted molar refractivity (Wildman–Crippen MR) is 136 cm³/mol. The maximum absolute atomic E-state index is 14.4. The summed E-state index contributed by atoms with van der Waals surface area (Å²) in [5, 5.41) is 3.82. The van der Waals surface area contributed by atoms with Crippen molar-refractivity contribution >= 4 is 28.9 Å². The van der Waals surface area contributed by atoms with Crippen LogP contribution in [0.5, 0.6) is 0 Å². The van der Waals surface area contributed by atoms with Gasteiger partial charge in [-0.1, -0.05) is 26.0 Å². The number of ether oxygens (including phenoxy) is 1. The quantitative estimate of drug-likeness (QED) is 0.608. The Balaban J connectivity index is 1.48. The van der Waals surface area contributed by atoms with Crippen LogP contribution in [0.15, 0.2) is 24.3 Å². The summed E-state index contributed by atoms with van der Waals surface area (Å²) in [6.45, 7) is 7.33. The number of carbonyl (C=O) groups is 3. The molecule has 36 heavy (non-hydrogen) atoms. The second-order valence-corrected chi connectivity index (χ2v) is 11.3. The lowest BCUT2D eigenvalue weighted by atomic mass is 10.0. The molecule has 1 aromatic carbocycles. The average molecular weight is 517 g/mol. The molecule has 1 aromatic heterocycles. The van der Waals surface area contributed by atoms with E-state index in [4.69, 9.17) is 9.72 Å². The van der Waals surface area contributed by atoms with Gasteiger partial charge in [0, 0.05) is 16.0 Å². The Labute approximate surface area is 214 Å². The second kappa shape index (κ2) is 10.4. The van der Waals surface area contributed by atoms with Gasteiger partial charge in [-0.3, -0.25) is 14.4 Å². The monoisotopic (exact) mass is 516 g/mol. The van der Waals surface area contributed by atoms with Gasteiger partial charge in [-0.15, -0.1) is 11.3 Å². The molecule has 1 N–H and O–H groups in total. The molecule has 5 atom stereocenters. The summed E-state index contributed by atoms with van der Waals surface area (Å²) < 4.78 is 19.6. The number of halogens is 1. The largest absolute Gasteiger partial charge is 0.365 e. The fourth-order valence-electron chi connectivity index (χ4n) is 4.60. The average Bonchev–Trinajstić information content (AvgIpc) is 3.51. The molecular formula is C26H33FN4O4S. The third kappa shape index (κ3) is 4.94. The van der Waals surface area contributed by atoms with Crippen LogP contribution in [0, 0.1) is 12.8 Å². The van der Waals surface area contributed by atoms with Crippen LogP contribution in [0.1, 0.15) is 47.1 Å². The molecule has 4 rings (SSSR count). The molecule has 2 amide bonds. The van der Waals surface area contributed by atoms with Gasteiger partial charge < -0.3 is 19.9 Å². The SMILES string of the molecule is Cc1sc([C@H](C)N(C)C)nc1-c1ccc(C(=O)NC(C(=O)N2C[C@H](F)[C@H]3OCC(=O)[C@H]32)C(C)C)cc1. The van der Waals surface area contributed by atoms with E-state index in [-0.39, 0.29) is 30.9 Å². The summed E-state index contributed by atoms with van der Waals surface area (Å²) in [6.07, 6.45) is -2.34. The highest BCUT2D eigenvalue weighted by Crippen LogP contribution is 2.33. The summed E-state index contributed by atoms with van der Waals surface area (Å²) in [6, 6.07) is 5.48. The van der Waals surface area contributed by atoms with E-state index in [9.17, 15) is 18.8 Å². The molecule has 194 valence electrons. The summed E-state index contributed by atoms with van der Waals surface area (Å²) in [7, 11) is 4.03. The number of hydrogen-bond donors (Lipinski definition) is 1. The number of likely N-dealkylation sites (tertiary alicyclic amines) is 1. The van der Waals surface area contributed by atoms with Gasteiger partial charge in [0.2, 0.25) is 5.91 Å². The maximum atomic E-state index is 14.4. The molecule has 0 aliphatic carbocycles. The van der Waals surface area contributed by atoms with Crippen LogP contribution in [0.3, 0.4) is 0 Å². The first kappa shape index (κ1) is 26.4. The number of nitrogens with zero attached hydrogens (tertiary/aromatic N) is 3. The molecule has 10 heteroatoms. The lowest BCUT2D eigenvalue weighted by molar-refractivity contribution is -0.139. The van der Waals surface area contributed by atoms with Crippen molar-refractivity contribution < 1.29 is 23.5 Å². The minimum Gasteiger partial charge on any atom is -0.365 e. The normalized spacial score (nSPS) is 23.3. The molecule has 2 aliphatic heterocycles. The van der Waals surface area contributed by atoms with Crippen LogP contribution in [-0.4, -0.2) is 84.0 Å². The summed E-state index contributed by atoms with van der Waals surface area (Å²) in [4.78, 5) is 47.8. The lowest BCUT2D eigenvalue weighted by Gasteiger charge is -2.29. The smallest absolute Gasteiger partial charge is 0.251 e. The van der Waals surface area contributed by atoms with Crippen molar-refractivity contribution in [3.05, 3.63) is 39.7 Å². The Morgan fingerprint density at radius 3 is 2.50 bits per heavy atom. The lowest BCUT2D eigenvalue weighted by Crippen LogP contribution is -2.54. The van der Waals surface area contributed by atoms with Crippen molar-refractivity contribution in [2.75, 3.05) is 27.2 Å². The number of Topliss-reactive ketones (excluding diaryl/α,β-unsaturated/α-hetero) is 1. The van der Waals surface area contributed by atoms with Crippen LogP contribution < -0.4 is 5.32 Å². The molecule has 3 heterocycles. The van der Waals surface area contributed by atoms with Crippen LogP contribution in [0.25, 0.3) is 11.3 Å². The number of hydrogen-bond acceptors (Lipinski definition) is 7. The van der Waals surface area contributed by atoms with E-state index >= 15 is 0 Å². The third-order valence-electron chi connectivity index (χ3n) is 6.99. The summed E-state index contributed by atoms with van der Waals surface area (Å²) >= 11 is 1.66. The molecule has 0 bridgehead atoms. The molecule has 8 nitrogen and oxygen atoms in total. The van der Waals surface area contributed by atoms with Gasteiger partial charge in [-0.25, -0.2) is 9.37 Å². The van der Waals surface area contributed by atoms with Crippen LogP contribution >= 0.6 is 11.3 Å². The van der Waals surface area contributed by atoms with Gasteiger partial charge in [0.1, 0.15) is 36.0 Å². The number of alkyl halides is 1. The standard InChI is InChI=1S/C26H33FN4O4S/c1-13(2)20(26(34)31-11-18(27)23-22(31)19(32)12-35-23)28-24(33)17-9-7-16(8-10-17)21-15(4)36-25(29-21)14(3)30(5)6/h7-10,13-14,18,20,22-23H,11-12H2,1-6H3,(H,28,33)/t14-,18-,20?,22+,23+/m0/s1. The number of fused-ring (bicyclic) bond motifs is 1. The van der Waals surface area contributed by atoms with Gasteiger partial charge in [-0.05, 0) is 46.0 Å². The van der Waals surface area contributed by atoms with Crippen molar-refractivity contribution in [2.45, 2.75) is 58.1 Å². The van der Waals surface area contributed by atoms with Gasteiger partial charge >= 0.3 is 0 Å². The first-order valence-electron chi connectivity index (χ1n) is 12.1. The van der Waals surface area contributed by atoms with Crippen molar-refractivity contribution in [1.29, 1.82) is 0 Å². The van der Waals surface area contributed by atoms with Crippen molar-refractivity contribution in [2.24, 2.45) is 5.92 Å². The minimum atomic E-state index is -1.42. The van der Waals surface area contributed by atoms with Gasteiger partial charge in [0.05, 0.1) is 18.3 Å². The predicted octanol–water partition coefficient (Wildman–Crippen LogP) is 3.01. The molecule has 0 spiro atoms. The molecule has 2 aromatic rings. The van der Waals surface area contributed by atoms with Crippen molar-refractivity contribution in [3.8, 4) is 11.3 Å². The second-order valence-electron chi connectivity index (χ2n) is 10.1. The number of benzene rings is 1. The van der Waals surface area contributed by atoms with E-state index in [0.717, 1.165) is 21.1 Å². The Hall–Kier alpha value is -2.69. The molecule has 2 fully saturated rings. The van der Waals surface area contributed by atoms with Crippen LogP contribution in [0.4, 0.5) is 4.39 Å². The zero-order valence-corrected chi connectivity index (χ0v) is 22.3. The molecule has 2 saturated heterocycles. The molecular weight excluding hydrogens is 483 g/mol. The van der Waals surface area contributed by atoms with E-state index in [1.54, 1.807) is 37.3 Å².